The molecule has 0 N–H and O–H groups in total. The van der Waals surface area contributed by atoms with Crippen LogP contribution in [0.3, 0.4) is 0 Å². The minimum Gasteiger partial charge on any atom is -0.339 e. The first-order valence-electron chi connectivity index (χ1n) is 9.08. The van der Waals surface area contributed by atoms with E-state index in [1.165, 1.54) is 12.0 Å². The maximum absolute atomic E-state index is 12.5. The predicted molar refractivity (Wildman–Crippen MR) is 101 cm³/mol. The van der Waals surface area contributed by atoms with Crippen LogP contribution in [0, 0.1) is 6.92 Å². The summed E-state index contributed by atoms with van der Waals surface area (Å²) in [6.45, 7) is 3.77. The normalized spacial score (nSPS) is 14.4. The van der Waals surface area contributed by atoms with Crippen LogP contribution in [0.25, 0.3) is 16.9 Å². The zero-order valence-corrected chi connectivity index (χ0v) is 14.9. The molecule has 0 spiro atoms. The molecule has 0 bridgehead atoms. The van der Waals surface area contributed by atoms with Crippen molar-refractivity contribution in [2.75, 3.05) is 13.1 Å². The minimum absolute atomic E-state index is 0.0825. The van der Waals surface area contributed by atoms with Crippen LogP contribution >= 0.6 is 0 Å². The van der Waals surface area contributed by atoms with E-state index >= 15 is 0 Å². The number of aromatic nitrogens is 3. The summed E-state index contributed by atoms with van der Waals surface area (Å²) in [4.78, 5) is 18.9. The summed E-state index contributed by atoms with van der Waals surface area (Å²) in [7, 11) is 0. The van der Waals surface area contributed by atoms with Gasteiger partial charge in [0, 0.05) is 31.0 Å². The standard InChI is InChI=1S/C21H22N4O/c1-16-5-8-19(9-6-16)25-15-18(14-23-25)20-10-7-17(13-22-20)21(26)24-11-3-2-4-12-24/h5-10,13-15H,2-4,11-12H2,1H3. The number of carbonyl (C=O) groups excluding carboxylic acids is 1. The summed E-state index contributed by atoms with van der Waals surface area (Å²) < 4.78 is 1.84. The molecule has 5 heteroatoms. The minimum atomic E-state index is 0.0825. The Bertz CT molecular complexity index is 891. The molecule has 132 valence electrons. The van der Waals surface area contributed by atoms with Gasteiger partial charge in [-0.05, 0) is 50.5 Å². The van der Waals surface area contributed by atoms with E-state index in [1.54, 1.807) is 12.4 Å². The Hall–Kier alpha value is -2.95. The molecule has 1 aliphatic rings. The molecule has 0 atom stereocenters. The molecule has 1 aliphatic heterocycles. The molecule has 4 rings (SSSR count). The quantitative estimate of drug-likeness (QED) is 0.723. The number of hydrogen-bond donors (Lipinski definition) is 0. The smallest absolute Gasteiger partial charge is 0.255 e. The van der Waals surface area contributed by atoms with Gasteiger partial charge in [0.05, 0.1) is 23.1 Å². The Morgan fingerprint density at radius 3 is 2.42 bits per heavy atom. The highest BCUT2D eigenvalue weighted by molar-refractivity contribution is 5.94. The Kier molecular flexibility index (Phi) is 4.52. The largest absolute Gasteiger partial charge is 0.339 e. The maximum atomic E-state index is 12.5. The van der Waals surface area contributed by atoms with Crippen molar-refractivity contribution in [2.24, 2.45) is 0 Å². The number of aryl methyl sites for hydroxylation is 1. The van der Waals surface area contributed by atoms with Crippen LogP contribution in [-0.4, -0.2) is 38.7 Å². The van der Waals surface area contributed by atoms with Gasteiger partial charge in [-0.15, -0.1) is 0 Å². The van der Waals surface area contributed by atoms with E-state index in [0.717, 1.165) is 42.9 Å². The molecule has 1 fully saturated rings. The van der Waals surface area contributed by atoms with Gasteiger partial charge in [-0.1, -0.05) is 17.7 Å². The molecule has 5 nitrogen and oxygen atoms in total. The van der Waals surface area contributed by atoms with E-state index in [1.807, 2.05) is 40.0 Å². The highest BCUT2D eigenvalue weighted by atomic mass is 16.2. The highest BCUT2D eigenvalue weighted by Gasteiger charge is 2.18. The van der Waals surface area contributed by atoms with Crippen LogP contribution in [0.1, 0.15) is 35.2 Å². The first-order chi connectivity index (χ1) is 12.7. The van der Waals surface area contributed by atoms with Gasteiger partial charge >= 0.3 is 0 Å². The number of nitrogens with zero attached hydrogens (tertiary/aromatic N) is 4. The Morgan fingerprint density at radius 1 is 0.962 bits per heavy atom. The van der Waals surface area contributed by atoms with E-state index < -0.39 is 0 Å². The van der Waals surface area contributed by atoms with Gasteiger partial charge < -0.3 is 4.90 Å². The molecule has 26 heavy (non-hydrogen) atoms. The third kappa shape index (κ3) is 3.38. The molecule has 1 amide bonds. The summed E-state index contributed by atoms with van der Waals surface area (Å²) in [5, 5.41) is 4.42. The van der Waals surface area contributed by atoms with Crippen molar-refractivity contribution in [1.82, 2.24) is 19.7 Å². The second kappa shape index (κ2) is 7.12. The van der Waals surface area contributed by atoms with Crippen LogP contribution in [0.4, 0.5) is 0 Å². The molecule has 1 saturated heterocycles. The molecule has 1 aromatic carbocycles. The number of amides is 1. The van der Waals surface area contributed by atoms with Crippen molar-refractivity contribution in [3.8, 4) is 16.9 Å². The van der Waals surface area contributed by atoms with Gasteiger partial charge in [-0.25, -0.2) is 4.68 Å². The zero-order chi connectivity index (χ0) is 17.9. The van der Waals surface area contributed by atoms with Crippen LogP contribution in [0.2, 0.25) is 0 Å². The second-order valence-electron chi connectivity index (χ2n) is 6.79. The highest BCUT2D eigenvalue weighted by Crippen LogP contribution is 2.20. The van der Waals surface area contributed by atoms with Crippen molar-refractivity contribution in [3.05, 3.63) is 66.1 Å². The van der Waals surface area contributed by atoms with E-state index in [2.05, 4.69) is 29.1 Å². The van der Waals surface area contributed by atoms with Gasteiger partial charge in [0.25, 0.3) is 5.91 Å². The van der Waals surface area contributed by atoms with Crippen LogP contribution in [0.15, 0.2) is 55.0 Å². The Balaban J connectivity index is 1.52. The fourth-order valence-electron chi connectivity index (χ4n) is 3.26. The third-order valence-electron chi connectivity index (χ3n) is 4.83. The number of rotatable bonds is 3. The Morgan fingerprint density at radius 2 is 1.73 bits per heavy atom. The SMILES string of the molecule is Cc1ccc(-n2cc(-c3ccc(C(=O)N4CCCCC4)cn3)cn2)cc1. The van der Waals surface area contributed by atoms with E-state index in [9.17, 15) is 4.79 Å². The topological polar surface area (TPSA) is 51.0 Å². The van der Waals surface area contributed by atoms with Gasteiger partial charge in [0.1, 0.15) is 0 Å². The maximum Gasteiger partial charge on any atom is 0.255 e. The molecule has 0 aliphatic carbocycles. The van der Waals surface area contributed by atoms with Crippen molar-refractivity contribution in [1.29, 1.82) is 0 Å². The summed E-state index contributed by atoms with van der Waals surface area (Å²) >= 11 is 0. The number of likely N-dealkylation sites (tertiary alicyclic amines) is 1. The van der Waals surface area contributed by atoms with E-state index in [4.69, 9.17) is 0 Å². The molecular formula is C21H22N4O. The first kappa shape index (κ1) is 16.5. The lowest BCUT2D eigenvalue weighted by atomic mass is 10.1. The van der Waals surface area contributed by atoms with Gasteiger partial charge in [0.15, 0.2) is 0 Å². The van der Waals surface area contributed by atoms with Gasteiger partial charge in [-0.3, -0.25) is 9.78 Å². The average molecular weight is 346 g/mol. The zero-order valence-electron chi connectivity index (χ0n) is 14.9. The molecule has 3 aromatic rings. The van der Waals surface area contributed by atoms with Crippen LogP contribution < -0.4 is 0 Å². The van der Waals surface area contributed by atoms with E-state index in [-0.39, 0.29) is 5.91 Å². The van der Waals surface area contributed by atoms with Crippen LogP contribution in [0.5, 0.6) is 0 Å². The summed E-state index contributed by atoms with van der Waals surface area (Å²) in [6.07, 6.45) is 8.83. The Labute approximate surface area is 153 Å². The third-order valence-corrected chi connectivity index (χ3v) is 4.83. The van der Waals surface area contributed by atoms with Crippen molar-refractivity contribution >= 4 is 5.91 Å². The van der Waals surface area contributed by atoms with Crippen molar-refractivity contribution < 1.29 is 4.79 Å². The summed E-state index contributed by atoms with van der Waals surface area (Å²) in [5.74, 6) is 0.0825. The monoisotopic (exact) mass is 346 g/mol. The number of benzene rings is 1. The van der Waals surface area contributed by atoms with E-state index in [0.29, 0.717) is 5.56 Å². The second-order valence-corrected chi connectivity index (χ2v) is 6.79. The van der Waals surface area contributed by atoms with Gasteiger partial charge in [-0.2, -0.15) is 5.10 Å². The first-order valence-corrected chi connectivity index (χ1v) is 9.08. The lowest BCUT2D eigenvalue weighted by molar-refractivity contribution is 0.0724. The summed E-state index contributed by atoms with van der Waals surface area (Å²) in [6, 6.07) is 12.0. The number of piperidine rings is 1. The molecule has 2 aromatic heterocycles. The lowest BCUT2D eigenvalue weighted by Crippen LogP contribution is -2.35. The van der Waals surface area contributed by atoms with Crippen molar-refractivity contribution in [2.45, 2.75) is 26.2 Å². The summed E-state index contributed by atoms with van der Waals surface area (Å²) in [5.41, 5.74) is 4.64. The molecular weight excluding hydrogens is 324 g/mol. The molecule has 0 radical (unpaired) electrons. The van der Waals surface area contributed by atoms with Crippen LogP contribution in [-0.2, 0) is 0 Å². The average Bonchev–Trinajstić information content (AvgIpc) is 3.19. The number of hydrogen-bond acceptors (Lipinski definition) is 3. The fraction of sp³-hybridized carbons (Fsp3) is 0.286. The van der Waals surface area contributed by atoms with Gasteiger partial charge in [0.2, 0.25) is 0 Å². The number of carbonyl (C=O) groups is 1. The van der Waals surface area contributed by atoms with Crippen molar-refractivity contribution in [3.63, 3.8) is 0 Å². The molecule has 3 heterocycles. The predicted octanol–water partition coefficient (Wildman–Crippen LogP) is 3.87. The molecule has 0 unspecified atom stereocenters. The molecule has 0 saturated carbocycles. The fourth-order valence-corrected chi connectivity index (χ4v) is 3.26. The number of pyridine rings is 1. The lowest BCUT2D eigenvalue weighted by Gasteiger charge is -2.26.